The molecule has 1 aromatic heterocycles. The Hall–Kier alpha value is -2.70. The molecule has 110 valence electrons. The minimum absolute atomic E-state index is 0.108. The van der Waals surface area contributed by atoms with Crippen molar-refractivity contribution in [3.63, 3.8) is 0 Å². The van der Waals surface area contributed by atoms with E-state index in [2.05, 4.69) is 9.72 Å². The van der Waals surface area contributed by atoms with Gasteiger partial charge >= 0.3 is 5.97 Å². The van der Waals surface area contributed by atoms with E-state index in [4.69, 9.17) is 0 Å². The fourth-order valence-corrected chi connectivity index (χ4v) is 2.09. The van der Waals surface area contributed by atoms with E-state index in [9.17, 15) is 14.9 Å². The van der Waals surface area contributed by atoms with Crippen LogP contribution in [0.15, 0.2) is 30.6 Å². The summed E-state index contributed by atoms with van der Waals surface area (Å²) in [6, 6.07) is 4.33. The van der Waals surface area contributed by atoms with E-state index in [0.29, 0.717) is 12.0 Å². The number of aryl methyl sites for hydroxylation is 1. The van der Waals surface area contributed by atoms with E-state index >= 15 is 0 Å². The van der Waals surface area contributed by atoms with Crippen LogP contribution >= 0.6 is 0 Å². The van der Waals surface area contributed by atoms with Crippen molar-refractivity contribution in [3.8, 4) is 0 Å². The van der Waals surface area contributed by atoms with Gasteiger partial charge in [0.2, 0.25) is 0 Å². The van der Waals surface area contributed by atoms with Crippen molar-refractivity contribution in [1.29, 1.82) is 0 Å². The predicted octanol–water partition coefficient (Wildman–Crippen LogP) is 2.19. The van der Waals surface area contributed by atoms with Crippen LogP contribution in [0, 0.1) is 10.1 Å². The fraction of sp³-hybridized carbons (Fsp3) is 0.286. The van der Waals surface area contributed by atoms with Crippen LogP contribution in [0.3, 0.4) is 0 Å². The maximum atomic E-state index is 11.5. The van der Waals surface area contributed by atoms with E-state index in [-0.39, 0.29) is 11.3 Å². The summed E-state index contributed by atoms with van der Waals surface area (Å²) in [4.78, 5) is 26.4. The zero-order valence-electron chi connectivity index (χ0n) is 11.8. The van der Waals surface area contributed by atoms with Crippen molar-refractivity contribution in [2.75, 3.05) is 7.11 Å². The van der Waals surface area contributed by atoms with Gasteiger partial charge in [0.25, 0.3) is 5.69 Å². The Kier molecular flexibility index (Phi) is 4.32. The average molecular weight is 289 g/mol. The van der Waals surface area contributed by atoms with Gasteiger partial charge in [-0.3, -0.25) is 10.1 Å². The van der Waals surface area contributed by atoms with Crippen molar-refractivity contribution in [1.82, 2.24) is 9.55 Å². The van der Waals surface area contributed by atoms with Gasteiger partial charge < -0.3 is 9.30 Å². The molecule has 0 saturated heterocycles. The molecule has 0 aliphatic carbocycles. The number of esters is 1. The lowest BCUT2D eigenvalue weighted by molar-refractivity contribution is -0.385. The lowest BCUT2D eigenvalue weighted by Gasteiger charge is -2.07. The number of aromatic nitrogens is 2. The Morgan fingerprint density at radius 1 is 1.48 bits per heavy atom. The average Bonchev–Trinajstić information content (AvgIpc) is 2.93. The molecule has 7 heteroatoms. The van der Waals surface area contributed by atoms with Crippen LogP contribution in [0.4, 0.5) is 5.69 Å². The van der Waals surface area contributed by atoms with Gasteiger partial charge in [0.05, 0.1) is 17.6 Å². The topological polar surface area (TPSA) is 87.3 Å². The predicted molar refractivity (Wildman–Crippen MR) is 75.1 cm³/mol. The summed E-state index contributed by atoms with van der Waals surface area (Å²) in [5.74, 6) is 0.145. The van der Waals surface area contributed by atoms with Crippen molar-refractivity contribution >= 4 is 11.7 Å². The van der Waals surface area contributed by atoms with E-state index in [1.165, 1.54) is 19.2 Å². The van der Waals surface area contributed by atoms with Gasteiger partial charge in [-0.05, 0) is 13.0 Å². The summed E-state index contributed by atoms with van der Waals surface area (Å²) in [5.41, 5.74) is 0.559. The van der Waals surface area contributed by atoms with E-state index in [0.717, 1.165) is 12.4 Å². The van der Waals surface area contributed by atoms with Crippen LogP contribution in [0.25, 0.3) is 0 Å². The summed E-state index contributed by atoms with van der Waals surface area (Å²) in [7, 11) is 1.24. The molecule has 0 bridgehead atoms. The molecule has 0 spiro atoms. The fourth-order valence-electron chi connectivity index (χ4n) is 2.09. The SMILES string of the molecule is CCn1ccnc1Cc1ccc(C(=O)OC)cc1[N+](=O)[O-]. The van der Waals surface area contributed by atoms with Gasteiger partial charge in [-0.2, -0.15) is 0 Å². The number of carbonyl (C=O) groups excluding carboxylic acids is 1. The molecule has 0 fully saturated rings. The van der Waals surface area contributed by atoms with Gasteiger partial charge in [0, 0.05) is 37.0 Å². The first-order chi connectivity index (χ1) is 10.1. The molecule has 2 rings (SSSR count). The minimum atomic E-state index is -0.597. The number of imidazole rings is 1. The van der Waals surface area contributed by atoms with Crippen molar-refractivity contribution in [3.05, 3.63) is 57.7 Å². The molecule has 1 heterocycles. The Morgan fingerprint density at radius 2 is 2.24 bits per heavy atom. The molecule has 0 unspecified atom stereocenters. The molecule has 2 aromatic rings. The number of ether oxygens (including phenoxy) is 1. The van der Waals surface area contributed by atoms with Crippen LogP contribution in [-0.4, -0.2) is 27.6 Å². The minimum Gasteiger partial charge on any atom is -0.465 e. The standard InChI is InChI=1S/C14H15N3O4/c1-3-16-7-6-15-13(16)9-10-4-5-11(14(18)21-2)8-12(10)17(19)20/h4-8H,3,9H2,1-2H3. The second kappa shape index (κ2) is 6.17. The Morgan fingerprint density at radius 3 is 2.86 bits per heavy atom. The van der Waals surface area contributed by atoms with Crippen LogP contribution in [0.1, 0.15) is 28.7 Å². The number of nitro benzene ring substituents is 1. The Balaban J connectivity index is 2.39. The summed E-state index contributed by atoms with van der Waals surface area (Å²) >= 11 is 0. The van der Waals surface area contributed by atoms with E-state index in [1.54, 1.807) is 12.3 Å². The second-order valence-corrected chi connectivity index (χ2v) is 4.40. The molecule has 0 amide bonds. The molecule has 0 N–H and O–H groups in total. The maximum Gasteiger partial charge on any atom is 0.338 e. The van der Waals surface area contributed by atoms with Gasteiger partial charge in [0.1, 0.15) is 5.82 Å². The third-order valence-corrected chi connectivity index (χ3v) is 3.19. The second-order valence-electron chi connectivity index (χ2n) is 4.40. The first-order valence-corrected chi connectivity index (χ1v) is 6.42. The lowest BCUT2D eigenvalue weighted by atomic mass is 10.1. The molecule has 0 saturated carbocycles. The van der Waals surface area contributed by atoms with Crippen LogP contribution < -0.4 is 0 Å². The number of methoxy groups -OCH3 is 1. The number of nitro groups is 1. The highest BCUT2D eigenvalue weighted by Crippen LogP contribution is 2.23. The molecule has 1 aromatic carbocycles. The van der Waals surface area contributed by atoms with Crippen molar-refractivity contribution in [2.45, 2.75) is 19.9 Å². The number of hydrogen-bond acceptors (Lipinski definition) is 5. The van der Waals surface area contributed by atoms with Crippen molar-refractivity contribution < 1.29 is 14.5 Å². The van der Waals surface area contributed by atoms with Crippen LogP contribution in [0.2, 0.25) is 0 Å². The molecule has 21 heavy (non-hydrogen) atoms. The Bertz CT molecular complexity index is 679. The lowest BCUT2D eigenvalue weighted by Crippen LogP contribution is -2.06. The highest BCUT2D eigenvalue weighted by molar-refractivity contribution is 5.90. The van der Waals surface area contributed by atoms with E-state index in [1.807, 2.05) is 17.7 Å². The smallest absolute Gasteiger partial charge is 0.338 e. The first-order valence-electron chi connectivity index (χ1n) is 6.42. The number of benzene rings is 1. The number of hydrogen-bond donors (Lipinski definition) is 0. The third-order valence-electron chi connectivity index (χ3n) is 3.19. The highest BCUT2D eigenvalue weighted by Gasteiger charge is 2.19. The molecule has 0 aliphatic heterocycles. The van der Waals surface area contributed by atoms with Crippen molar-refractivity contribution in [2.24, 2.45) is 0 Å². The van der Waals surface area contributed by atoms with Gasteiger partial charge in [-0.1, -0.05) is 6.07 Å². The summed E-state index contributed by atoms with van der Waals surface area (Å²) in [5, 5.41) is 11.2. The van der Waals surface area contributed by atoms with Crippen LogP contribution in [0.5, 0.6) is 0 Å². The zero-order chi connectivity index (χ0) is 15.4. The van der Waals surface area contributed by atoms with Crippen LogP contribution in [-0.2, 0) is 17.7 Å². The Labute approximate surface area is 121 Å². The summed E-state index contributed by atoms with van der Waals surface area (Å²) < 4.78 is 6.49. The molecule has 0 aliphatic rings. The zero-order valence-corrected chi connectivity index (χ0v) is 11.8. The molecular formula is C14H15N3O4. The quantitative estimate of drug-likeness (QED) is 0.478. The van der Waals surface area contributed by atoms with Gasteiger partial charge in [0.15, 0.2) is 0 Å². The highest BCUT2D eigenvalue weighted by atomic mass is 16.6. The van der Waals surface area contributed by atoms with Gasteiger partial charge in [-0.25, -0.2) is 9.78 Å². The maximum absolute atomic E-state index is 11.5. The molecular weight excluding hydrogens is 274 g/mol. The first kappa shape index (κ1) is 14.7. The largest absolute Gasteiger partial charge is 0.465 e. The molecule has 0 atom stereocenters. The normalized spacial score (nSPS) is 10.4. The molecule has 0 radical (unpaired) electrons. The summed E-state index contributed by atoms with van der Waals surface area (Å²) in [6.45, 7) is 2.71. The molecule has 7 nitrogen and oxygen atoms in total. The number of carbonyl (C=O) groups is 1. The number of nitrogens with zero attached hydrogens (tertiary/aromatic N) is 3. The van der Waals surface area contributed by atoms with E-state index < -0.39 is 10.9 Å². The van der Waals surface area contributed by atoms with Gasteiger partial charge in [-0.15, -0.1) is 0 Å². The summed E-state index contributed by atoms with van der Waals surface area (Å²) in [6.07, 6.45) is 3.82. The third kappa shape index (κ3) is 3.07. The monoisotopic (exact) mass is 289 g/mol. The number of rotatable bonds is 5.